The monoisotopic (exact) mass is 202 g/mol. The van der Waals surface area contributed by atoms with Crippen molar-refractivity contribution in [3.63, 3.8) is 0 Å². The highest BCUT2D eigenvalue weighted by atomic mass is 16.5. The molecule has 0 radical (unpaired) electrons. The van der Waals surface area contributed by atoms with Crippen molar-refractivity contribution in [3.05, 3.63) is 0 Å². The Labute approximate surface area is 86.4 Å². The van der Waals surface area contributed by atoms with Crippen LogP contribution in [0.2, 0.25) is 0 Å². The molecule has 0 unspecified atom stereocenters. The molecule has 0 aromatic rings. The molecule has 0 heterocycles. The second-order valence-electron chi connectivity index (χ2n) is 4.22. The largest absolute Gasteiger partial charge is 0.393 e. The Hall–Kier alpha value is -0.120. The van der Waals surface area contributed by atoms with Gasteiger partial charge < -0.3 is 14.6 Å². The van der Waals surface area contributed by atoms with E-state index in [1.807, 2.05) is 13.8 Å². The molecule has 1 saturated carbocycles. The van der Waals surface area contributed by atoms with Crippen LogP contribution in [0.15, 0.2) is 0 Å². The van der Waals surface area contributed by atoms with Gasteiger partial charge in [-0.05, 0) is 39.5 Å². The molecule has 1 aliphatic rings. The lowest BCUT2D eigenvalue weighted by atomic mass is 9.95. The van der Waals surface area contributed by atoms with Crippen LogP contribution in [0.25, 0.3) is 0 Å². The van der Waals surface area contributed by atoms with E-state index in [1.165, 1.54) is 0 Å². The van der Waals surface area contributed by atoms with E-state index >= 15 is 0 Å². The first kappa shape index (κ1) is 12.0. The number of ether oxygens (including phenoxy) is 2. The number of rotatable bonds is 5. The van der Waals surface area contributed by atoms with E-state index in [0.717, 1.165) is 25.7 Å². The third kappa shape index (κ3) is 4.94. The predicted molar refractivity (Wildman–Crippen MR) is 55.3 cm³/mol. The van der Waals surface area contributed by atoms with Crippen LogP contribution in [0.5, 0.6) is 0 Å². The van der Waals surface area contributed by atoms with Gasteiger partial charge in [0, 0.05) is 0 Å². The van der Waals surface area contributed by atoms with Crippen LogP contribution < -0.4 is 0 Å². The summed E-state index contributed by atoms with van der Waals surface area (Å²) in [5.41, 5.74) is 0. The minimum atomic E-state index is -0.0956. The Kier molecular flexibility index (Phi) is 5.45. The third-order valence-corrected chi connectivity index (χ3v) is 2.53. The van der Waals surface area contributed by atoms with Gasteiger partial charge in [-0.1, -0.05) is 0 Å². The highest BCUT2D eigenvalue weighted by Crippen LogP contribution is 2.20. The van der Waals surface area contributed by atoms with E-state index in [4.69, 9.17) is 9.47 Å². The molecule has 0 aromatic heterocycles. The van der Waals surface area contributed by atoms with Crippen molar-refractivity contribution in [1.82, 2.24) is 0 Å². The maximum atomic E-state index is 9.29. The molecule has 0 amide bonds. The van der Waals surface area contributed by atoms with E-state index in [2.05, 4.69) is 0 Å². The molecule has 0 aromatic carbocycles. The second kappa shape index (κ2) is 6.38. The molecule has 0 aliphatic heterocycles. The maximum Gasteiger partial charge on any atom is 0.0704 e. The quantitative estimate of drug-likeness (QED) is 0.690. The summed E-state index contributed by atoms with van der Waals surface area (Å²) in [6.45, 7) is 5.41. The molecule has 3 nitrogen and oxygen atoms in total. The van der Waals surface area contributed by atoms with Gasteiger partial charge in [0.15, 0.2) is 0 Å². The minimum absolute atomic E-state index is 0.0956. The van der Waals surface area contributed by atoms with E-state index < -0.39 is 0 Å². The number of aliphatic hydroxyl groups excluding tert-OH is 1. The maximum absolute atomic E-state index is 9.29. The van der Waals surface area contributed by atoms with Crippen LogP contribution in [0.4, 0.5) is 0 Å². The minimum Gasteiger partial charge on any atom is -0.393 e. The molecule has 1 fully saturated rings. The summed E-state index contributed by atoms with van der Waals surface area (Å²) >= 11 is 0. The highest BCUT2D eigenvalue weighted by Gasteiger charge is 2.19. The Morgan fingerprint density at radius 1 is 1.14 bits per heavy atom. The average molecular weight is 202 g/mol. The van der Waals surface area contributed by atoms with Gasteiger partial charge in [0.2, 0.25) is 0 Å². The van der Waals surface area contributed by atoms with Gasteiger partial charge in [0.1, 0.15) is 0 Å². The van der Waals surface area contributed by atoms with Gasteiger partial charge in [-0.3, -0.25) is 0 Å². The van der Waals surface area contributed by atoms with Crippen molar-refractivity contribution in [2.45, 2.75) is 57.8 Å². The fourth-order valence-corrected chi connectivity index (χ4v) is 1.71. The van der Waals surface area contributed by atoms with Gasteiger partial charge in [0.25, 0.3) is 0 Å². The molecule has 1 N–H and O–H groups in total. The number of aliphatic hydroxyl groups is 1. The van der Waals surface area contributed by atoms with Crippen LogP contribution in [0.3, 0.4) is 0 Å². The molecule has 1 rings (SSSR count). The Balaban J connectivity index is 1.96. The summed E-state index contributed by atoms with van der Waals surface area (Å²) in [4.78, 5) is 0. The molecule has 0 saturated heterocycles. The molecule has 1 aliphatic carbocycles. The van der Waals surface area contributed by atoms with Gasteiger partial charge in [-0.25, -0.2) is 0 Å². The first-order valence-electron chi connectivity index (χ1n) is 5.59. The van der Waals surface area contributed by atoms with Gasteiger partial charge in [0.05, 0.1) is 31.5 Å². The summed E-state index contributed by atoms with van der Waals surface area (Å²) in [6.07, 6.45) is 4.28. The van der Waals surface area contributed by atoms with Crippen LogP contribution >= 0.6 is 0 Å². The SMILES string of the molecule is CC(C)OCCOC1CCC(O)CC1. The first-order chi connectivity index (χ1) is 6.68. The zero-order valence-electron chi connectivity index (χ0n) is 9.24. The topological polar surface area (TPSA) is 38.7 Å². The smallest absolute Gasteiger partial charge is 0.0704 e. The van der Waals surface area contributed by atoms with E-state index in [9.17, 15) is 5.11 Å². The van der Waals surface area contributed by atoms with Gasteiger partial charge in [-0.15, -0.1) is 0 Å². The lowest BCUT2D eigenvalue weighted by molar-refractivity contribution is -0.0380. The Morgan fingerprint density at radius 3 is 2.36 bits per heavy atom. The highest BCUT2D eigenvalue weighted by molar-refractivity contribution is 4.71. The van der Waals surface area contributed by atoms with Gasteiger partial charge in [-0.2, -0.15) is 0 Å². The Morgan fingerprint density at radius 2 is 1.79 bits per heavy atom. The fraction of sp³-hybridized carbons (Fsp3) is 1.00. The van der Waals surface area contributed by atoms with Crippen LogP contribution in [-0.4, -0.2) is 36.6 Å². The zero-order valence-corrected chi connectivity index (χ0v) is 9.24. The van der Waals surface area contributed by atoms with Crippen LogP contribution in [0.1, 0.15) is 39.5 Å². The summed E-state index contributed by atoms with van der Waals surface area (Å²) in [6, 6.07) is 0. The number of hydrogen-bond acceptors (Lipinski definition) is 3. The molecule has 84 valence electrons. The summed E-state index contributed by atoms with van der Waals surface area (Å²) in [7, 11) is 0. The average Bonchev–Trinajstić information content (AvgIpc) is 2.15. The molecule has 0 bridgehead atoms. The molecule has 14 heavy (non-hydrogen) atoms. The molecular formula is C11H22O3. The standard InChI is InChI=1S/C11H22O3/c1-9(2)13-7-8-14-11-5-3-10(12)4-6-11/h9-12H,3-8H2,1-2H3. The second-order valence-corrected chi connectivity index (χ2v) is 4.22. The van der Waals surface area contributed by atoms with Gasteiger partial charge >= 0.3 is 0 Å². The third-order valence-electron chi connectivity index (χ3n) is 2.53. The summed E-state index contributed by atoms with van der Waals surface area (Å²) < 4.78 is 11.0. The summed E-state index contributed by atoms with van der Waals surface area (Å²) in [5, 5.41) is 9.29. The van der Waals surface area contributed by atoms with E-state index in [1.54, 1.807) is 0 Å². The predicted octanol–water partition coefficient (Wildman–Crippen LogP) is 1.73. The summed E-state index contributed by atoms with van der Waals surface area (Å²) in [5.74, 6) is 0. The van der Waals surface area contributed by atoms with E-state index in [0.29, 0.717) is 19.3 Å². The zero-order chi connectivity index (χ0) is 10.4. The van der Waals surface area contributed by atoms with Crippen molar-refractivity contribution in [2.75, 3.05) is 13.2 Å². The van der Waals surface area contributed by atoms with Crippen LogP contribution in [0, 0.1) is 0 Å². The van der Waals surface area contributed by atoms with E-state index in [-0.39, 0.29) is 12.2 Å². The van der Waals surface area contributed by atoms with Crippen molar-refractivity contribution in [2.24, 2.45) is 0 Å². The fourth-order valence-electron chi connectivity index (χ4n) is 1.71. The van der Waals surface area contributed by atoms with Crippen molar-refractivity contribution in [1.29, 1.82) is 0 Å². The molecule has 0 atom stereocenters. The van der Waals surface area contributed by atoms with Crippen molar-refractivity contribution < 1.29 is 14.6 Å². The Bertz CT molecular complexity index is 139. The van der Waals surface area contributed by atoms with Crippen molar-refractivity contribution in [3.8, 4) is 0 Å². The van der Waals surface area contributed by atoms with Crippen LogP contribution in [-0.2, 0) is 9.47 Å². The lowest BCUT2D eigenvalue weighted by Gasteiger charge is -2.25. The molecule has 3 heteroatoms. The van der Waals surface area contributed by atoms with Crippen molar-refractivity contribution >= 4 is 0 Å². The first-order valence-corrected chi connectivity index (χ1v) is 5.59. The molecule has 0 spiro atoms. The lowest BCUT2D eigenvalue weighted by Crippen LogP contribution is -2.25. The normalized spacial score (nSPS) is 28.3. The number of hydrogen-bond donors (Lipinski definition) is 1. The molecular weight excluding hydrogens is 180 g/mol.